The average Bonchev–Trinajstić information content (AvgIpc) is 2.70. The molecule has 0 radical (unpaired) electrons. The van der Waals surface area contributed by atoms with Gasteiger partial charge in [-0.15, -0.1) is 0 Å². The molecule has 1 unspecified atom stereocenters. The van der Waals surface area contributed by atoms with Crippen LogP contribution in [0.15, 0.2) is 18.2 Å². The summed E-state index contributed by atoms with van der Waals surface area (Å²) in [7, 11) is 0. The predicted octanol–water partition coefficient (Wildman–Crippen LogP) is 9.05. The van der Waals surface area contributed by atoms with Gasteiger partial charge >= 0.3 is 0 Å². The third-order valence-corrected chi connectivity index (χ3v) is 4.46. The normalized spacial score (nSPS) is 10.3. The highest BCUT2D eigenvalue weighted by molar-refractivity contribution is 5.38. The van der Waals surface area contributed by atoms with Gasteiger partial charge in [-0.3, -0.25) is 10.1 Å². The molecule has 3 heteroatoms. The van der Waals surface area contributed by atoms with Crippen molar-refractivity contribution in [2.45, 2.75) is 114 Å². The number of nitro groups is 1. The number of nitro benzene ring substituents is 1. The van der Waals surface area contributed by atoms with Gasteiger partial charge < -0.3 is 0 Å². The third-order valence-electron chi connectivity index (χ3n) is 4.46. The summed E-state index contributed by atoms with van der Waals surface area (Å²) >= 11 is 0. The van der Waals surface area contributed by atoms with Gasteiger partial charge in [-0.2, -0.15) is 0 Å². The van der Waals surface area contributed by atoms with Gasteiger partial charge in [-0.05, 0) is 30.9 Å². The Morgan fingerprint density at radius 3 is 1.78 bits per heavy atom. The van der Waals surface area contributed by atoms with E-state index in [9.17, 15) is 10.1 Å². The van der Waals surface area contributed by atoms with Crippen LogP contribution in [0.4, 0.5) is 5.69 Å². The minimum absolute atomic E-state index is 0.160. The maximum atomic E-state index is 10.3. The SMILES string of the molecule is CC.CC.CCCCCC(CC)CCCC.Cc1ccc([N+](=O)[O-])cc1C. The van der Waals surface area contributed by atoms with Crippen LogP contribution >= 0.6 is 0 Å². The van der Waals surface area contributed by atoms with E-state index in [0.29, 0.717) is 0 Å². The van der Waals surface area contributed by atoms with Crippen LogP contribution in [0.25, 0.3) is 0 Å². The fourth-order valence-corrected chi connectivity index (χ4v) is 2.57. The second-order valence-corrected chi connectivity index (χ2v) is 6.44. The van der Waals surface area contributed by atoms with Gasteiger partial charge in [0.25, 0.3) is 5.69 Å². The summed E-state index contributed by atoms with van der Waals surface area (Å²) in [5, 5.41) is 10.3. The quantitative estimate of drug-likeness (QED) is 0.243. The fourth-order valence-electron chi connectivity index (χ4n) is 2.57. The van der Waals surface area contributed by atoms with Crippen molar-refractivity contribution in [3.8, 4) is 0 Å². The van der Waals surface area contributed by atoms with E-state index in [-0.39, 0.29) is 10.6 Å². The first-order valence-corrected chi connectivity index (χ1v) is 11.2. The summed E-state index contributed by atoms with van der Waals surface area (Å²) in [6, 6.07) is 4.85. The summed E-state index contributed by atoms with van der Waals surface area (Å²) in [6.45, 7) is 18.7. The summed E-state index contributed by atoms with van der Waals surface area (Å²) in [6.07, 6.45) is 11.4. The van der Waals surface area contributed by atoms with E-state index in [0.717, 1.165) is 17.0 Å². The Bertz CT molecular complexity index is 444. The van der Waals surface area contributed by atoms with E-state index in [1.165, 1.54) is 57.4 Å². The number of unbranched alkanes of at least 4 members (excludes halogenated alkanes) is 3. The lowest BCUT2D eigenvalue weighted by Gasteiger charge is -2.13. The van der Waals surface area contributed by atoms with Gasteiger partial charge in [0, 0.05) is 12.1 Å². The zero-order valence-corrected chi connectivity index (χ0v) is 19.7. The summed E-state index contributed by atoms with van der Waals surface area (Å²) in [5.41, 5.74) is 2.20. The summed E-state index contributed by atoms with van der Waals surface area (Å²) < 4.78 is 0. The van der Waals surface area contributed by atoms with Crippen molar-refractivity contribution in [2.75, 3.05) is 0 Å². The van der Waals surface area contributed by atoms with Gasteiger partial charge in [0.2, 0.25) is 0 Å². The molecule has 0 fully saturated rings. The van der Waals surface area contributed by atoms with Crippen LogP contribution in [-0.2, 0) is 0 Å². The molecule has 0 amide bonds. The highest BCUT2D eigenvalue weighted by Crippen LogP contribution is 2.19. The minimum atomic E-state index is -0.382. The lowest BCUT2D eigenvalue weighted by molar-refractivity contribution is -0.384. The molecular formula is C24H47NO2. The minimum Gasteiger partial charge on any atom is -0.258 e. The van der Waals surface area contributed by atoms with Crippen molar-refractivity contribution in [3.05, 3.63) is 39.4 Å². The van der Waals surface area contributed by atoms with Crippen molar-refractivity contribution < 1.29 is 4.92 Å². The molecule has 0 aromatic heterocycles. The van der Waals surface area contributed by atoms with Gasteiger partial charge in [-0.25, -0.2) is 0 Å². The standard InChI is InChI=1S/C12H26.C8H9NO2.2C2H6/c1-4-7-9-11-12(6-3)10-8-5-2;1-6-3-4-8(9(10)11)5-7(6)2;2*1-2/h12H,4-11H2,1-3H3;3-5H,1-2H3;2*1-2H3. The smallest absolute Gasteiger partial charge is 0.258 e. The highest BCUT2D eigenvalue weighted by atomic mass is 16.6. The molecule has 0 aliphatic heterocycles. The molecule has 0 saturated carbocycles. The van der Waals surface area contributed by atoms with E-state index in [2.05, 4.69) is 20.8 Å². The van der Waals surface area contributed by atoms with Crippen molar-refractivity contribution in [1.82, 2.24) is 0 Å². The Kier molecular flexibility index (Phi) is 25.5. The molecule has 0 aliphatic carbocycles. The molecular weight excluding hydrogens is 334 g/mol. The Balaban J connectivity index is -0.000000360. The molecule has 1 aromatic rings. The van der Waals surface area contributed by atoms with E-state index < -0.39 is 0 Å². The lowest BCUT2D eigenvalue weighted by atomic mass is 9.93. The number of hydrogen-bond acceptors (Lipinski definition) is 2. The molecule has 0 aliphatic rings. The first kappa shape index (κ1) is 30.4. The van der Waals surface area contributed by atoms with Gasteiger partial charge in [0.15, 0.2) is 0 Å². The van der Waals surface area contributed by atoms with Gasteiger partial charge in [0.1, 0.15) is 0 Å². The third kappa shape index (κ3) is 17.8. The molecule has 0 bridgehead atoms. The molecule has 0 saturated heterocycles. The van der Waals surface area contributed by atoms with Crippen LogP contribution in [0.3, 0.4) is 0 Å². The van der Waals surface area contributed by atoms with Crippen LogP contribution in [0.2, 0.25) is 0 Å². The maximum absolute atomic E-state index is 10.3. The predicted molar refractivity (Wildman–Crippen MR) is 123 cm³/mol. The Labute approximate surface area is 170 Å². The first-order valence-electron chi connectivity index (χ1n) is 11.2. The monoisotopic (exact) mass is 381 g/mol. The van der Waals surface area contributed by atoms with E-state index in [4.69, 9.17) is 0 Å². The molecule has 0 heterocycles. The van der Waals surface area contributed by atoms with Crippen molar-refractivity contribution in [3.63, 3.8) is 0 Å². The Morgan fingerprint density at radius 1 is 0.852 bits per heavy atom. The second-order valence-electron chi connectivity index (χ2n) is 6.44. The van der Waals surface area contributed by atoms with E-state index in [1.807, 2.05) is 41.5 Å². The average molecular weight is 382 g/mol. The van der Waals surface area contributed by atoms with E-state index in [1.54, 1.807) is 12.1 Å². The zero-order valence-electron chi connectivity index (χ0n) is 19.7. The molecule has 0 N–H and O–H groups in total. The summed E-state index contributed by atoms with van der Waals surface area (Å²) in [5.74, 6) is 1.02. The number of benzene rings is 1. The molecule has 1 rings (SSSR count). The molecule has 3 nitrogen and oxygen atoms in total. The molecule has 160 valence electrons. The maximum Gasteiger partial charge on any atom is 0.269 e. The second kappa shape index (κ2) is 22.7. The number of aryl methyl sites for hydroxylation is 2. The molecule has 1 atom stereocenters. The van der Waals surface area contributed by atoms with Crippen LogP contribution in [-0.4, -0.2) is 4.92 Å². The van der Waals surface area contributed by atoms with Crippen LogP contribution < -0.4 is 0 Å². The first-order chi connectivity index (χ1) is 13.0. The number of non-ortho nitro benzene ring substituents is 1. The van der Waals surface area contributed by atoms with Gasteiger partial charge in [0.05, 0.1) is 4.92 Å². The molecule has 27 heavy (non-hydrogen) atoms. The van der Waals surface area contributed by atoms with Gasteiger partial charge in [-0.1, -0.05) is 106 Å². The van der Waals surface area contributed by atoms with Crippen molar-refractivity contribution in [2.24, 2.45) is 5.92 Å². The zero-order chi connectivity index (χ0) is 21.7. The topological polar surface area (TPSA) is 43.1 Å². The Hall–Kier alpha value is -1.38. The van der Waals surface area contributed by atoms with Crippen LogP contribution in [0.1, 0.15) is 111 Å². The molecule has 0 spiro atoms. The number of hydrogen-bond donors (Lipinski definition) is 0. The van der Waals surface area contributed by atoms with Crippen molar-refractivity contribution in [1.29, 1.82) is 0 Å². The number of nitrogens with zero attached hydrogens (tertiary/aromatic N) is 1. The number of rotatable bonds is 9. The Morgan fingerprint density at radius 2 is 1.37 bits per heavy atom. The summed E-state index contributed by atoms with van der Waals surface area (Å²) in [4.78, 5) is 9.89. The highest BCUT2D eigenvalue weighted by Gasteiger charge is 2.05. The molecule has 1 aromatic carbocycles. The van der Waals surface area contributed by atoms with Crippen LogP contribution in [0.5, 0.6) is 0 Å². The van der Waals surface area contributed by atoms with Crippen LogP contribution in [0, 0.1) is 29.9 Å². The largest absolute Gasteiger partial charge is 0.269 e. The lowest BCUT2D eigenvalue weighted by Crippen LogP contribution is -1.98. The van der Waals surface area contributed by atoms with Crippen molar-refractivity contribution >= 4 is 5.69 Å². The van der Waals surface area contributed by atoms with E-state index >= 15 is 0 Å². The fraction of sp³-hybridized carbons (Fsp3) is 0.750.